The molecule has 2 heteroatoms. The van der Waals surface area contributed by atoms with Crippen molar-refractivity contribution in [3.63, 3.8) is 0 Å². The Labute approximate surface area is 77.8 Å². The SMILES string of the molecule is Cc1ccc(C2NCCC2C)s1. The van der Waals surface area contributed by atoms with Crippen molar-refractivity contribution >= 4 is 11.3 Å². The standard InChI is InChI=1S/C10H15NS/c1-7-5-6-11-10(7)9-4-3-8(2)12-9/h3-4,7,10-11H,5-6H2,1-2H3. The minimum atomic E-state index is 0.628. The van der Waals surface area contributed by atoms with Gasteiger partial charge in [0.2, 0.25) is 0 Å². The highest BCUT2D eigenvalue weighted by Crippen LogP contribution is 2.32. The molecule has 0 saturated carbocycles. The molecule has 1 N–H and O–H groups in total. The van der Waals surface area contributed by atoms with Gasteiger partial charge in [0.1, 0.15) is 0 Å². The summed E-state index contributed by atoms with van der Waals surface area (Å²) in [5.41, 5.74) is 0. The van der Waals surface area contributed by atoms with Crippen molar-refractivity contribution in [2.45, 2.75) is 26.3 Å². The van der Waals surface area contributed by atoms with Crippen LogP contribution in [-0.2, 0) is 0 Å². The summed E-state index contributed by atoms with van der Waals surface area (Å²) < 4.78 is 0. The molecule has 2 rings (SSSR count). The maximum absolute atomic E-state index is 3.55. The van der Waals surface area contributed by atoms with Gasteiger partial charge in [0, 0.05) is 15.8 Å². The zero-order valence-corrected chi connectivity index (χ0v) is 8.45. The molecule has 66 valence electrons. The predicted octanol–water partition coefficient (Wildman–Crippen LogP) is 2.73. The average molecular weight is 181 g/mol. The average Bonchev–Trinajstić information content (AvgIpc) is 2.58. The fourth-order valence-electron chi connectivity index (χ4n) is 1.84. The van der Waals surface area contributed by atoms with Gasteiger partial charge >= 0.3 is 0 Å². The van der Waals surface area contributed by atoms with E-state index in [0.29, 0.717) is 6.04 Å². The van der Waals surface area contributed by atoms with Crippen LogP contribution >= 0.6 is 11.3 Å². The molecule has 0 radical (unpaired) electrons. The second-order valence-electron chi connectivity index (χ2n) is 3.65. The molecule has 2 heterocycles. The third-order valence-corrected chi connectivity index (χ3v) is 3.68. The van der Waals surface area contributed by atoms with Gasteiger partial charge in [0.15, 0.2) is 0 Å². The molecule has 1 aliphatic heterocycles. The van der Waals surface area contributed by atoms with Crippen LogP contribution in [0.1, 0.15) is 29.1 Å². The van der Waals surface area contributed by atoms with Crippen LogP contribution in [0.3, 0.4) is 0 Å². The summed E-state index contributed by atoms with van der Waals surface area (Å²) in [5, 5.41) is 3.55. The summed E-state index contributed by atoms with van der Waals surface area (Å²) in [6, 6.07) is 5.11. The van der Waals surface area contributed by atoms with Crippen molar-refractivity contribution in [2.75, 3.05) is 6.54 Å². The monoisotopic (exact) mass is 181 g/mol. The van der Waals surface area contributed by atoms with Gasteiger partial charge in [-0.3, -0.25) is 0 Å². The molecule has 1 aromatic heterocycles. The van der Waals surface area contributed by atoms with Gasteiger partial charge in [-0.15, -0.1) is 11.3 Å². The first-order valence-corrected chi connectivity index (χ1v) is 5.39. The van der Waals surface area contributed by atoms with Crippen molar-refractivity contribution in [1.82, 2.24) is 5.32 Å². The molecular formula is C10H15NS. The van der Waals surface area contributed by atoms with Gasteiger partial charge in [0.05, 0.1) is 0 Å². The lowest BCUT2D eigenvalue weighted by Crippen LogP contribution is -2.14. The molecule has 0 aliphatic carbocycles. The van der Waals surface area contributed by atoms with Gasteiger partial charge in [-0.05, 0) is 37.9 Å². The van der Waals surface area contributed by atoms with Crippen LogP contribution in [0, 0.1) is 12.8 Å². The van der Waals surface area contributed by atoms with Crippen molar-refractivity contribution in [3.05, 3.63) is 21.9 Å². The summed E-state index contributed by atoms with van der Waals surface area (Å²) in [6.07, 6.45) is 1.32. The third kappa shape index (κ3) is 1.41. The number of hydrogen-bond donors (Lipinski definition) is 1. The highest BCUT2D eigenvalue weighted by atomic mass is 32.1. The summed E-state index contributed by atoms with van der Waals surface area (Å²) >= 11 is 1.93. The number of rotatable bonds is 1. The summed E-state index contributed by atoms with van der Waals surface area (Å²) in [5.74, 6) is 0.808. The molecule has 1 nitrogen and oxygen atoms in total. The molecule has 0 amide bonds. The Morgan fingerprint density at radius 3 is 2.83 bits per heavy atom. The zero-order chi connectivity index (χ0) is 8.55. The van der Waals surface area contributed by atoms with Gasteiger partial charge in [-0.2, -0.15) is 0 Å². The Bertz CT molecular complexity index is 267. The highest BCUT2D eigenvalue weighted by molar-refractivity contribution is 7.12. The quantitative estimate of drug-likeness (QED) is 0.702. The van der Waals surface area contributed by atoms with E-state index in [1.54, 1.807) is 0 Å². The number of aryl methyl sites for hydroxylation is 1. The maximum atomic E-state index is 3.55. The van der Waals surface area contributed by atoms with Crippen LogP contribution in [-0.4, -0.2) is 6.54 Å². The predicted molar refractivity (Wildman–Crippen MR) is 53.6 cm³/mol. The topological polar surface area (TPSA) is 12.0 Å². The molecule has 1 aromatic rings. The van der Waals surface area contributed by atoms with E-state index in [-0.39, 0.29) is 0 Å². The van der Waals surface area contributed by atoms with E-state index in [2.05, 4.69) is 31.3 Å². The van der Waals surface area contributed by atoms with Crippen molar-refractivity contribution in [1.29, 1.82) is 0 Å². The van der Waals surface area contributed by atoms with E-state index >= 15 is 0 Å². The largest absolute Gasteiger partial charge is 0.309 e. The van der Waals surface area contributed by atoms with Crippen LogP contribution in [0.5, 0.6) is 0 Å². The highest BCUT2D eigenvalue weighted by Gasteiger charge is 2.24. The number of hydrogen-bond acceptors (Lipinski definition) is 2. The van der Waals surface area contributed by atoms with Gasteiger partial charge < -0.3 is 5.32 Å². The number of thiophene rings is 1. The lowest BCUT2D eigenvalue weighted by atomic mass is 10.0. The molecule has 0 bridgehead atoms. The van der Waals surface area contributed by atoms with Crippen molar-refractivity contribution < 1.29 is 0 Å². The molecule has 0 spiro atoms. The molecule has 1 fully saturated rings. The van der Waals surface area contributed by atoms with E-state index in [1.165, 1.54) is 22.7 Å². The second-order valence-corrected chi connectivity index (χ2v) is 4.97. The molecule has 0 aromatic carbocycles. The molecule has 1 aliphatic rings. The third-order valence-electron chi connectivity index (χ3n) is 2.60. The molecule has 2 unspecified atom stereocenters. The van der Waals surface area contributed by atoms with E-state index in [1.807, 2.05) is 11.3 Å². The Morgan fingerprint density at radius 2 is 2.33 bits per heavy atom. The summed E-state index contributed by atoms with van der Waals surface area (Å²) in [6.45, 7) is 5.69. The van der Waals surface area contributed by atoms with Gasteiger partial charge in [-0.25, -0.2) is 0 Å². The van der Waals surface area contributed by atoms with E-state index in [0.717, 1.165) is 5.92 Å². The normalized spacial score (nSPS) is 29.5. The van der Waals surface area contributed by atoms with Crippen molar-refractivity contribution in [3.8, 4) is 0 Å². The minimum Gasteiger partial charge on any atom is -0.309 e. The minimum absolute atomic E-state index is 0.628. The fraction of sp³-hybridized carbons (Fsp3) is 0.600. The number of nitrogens with one attached hydrogen (secondary N) is 1. The van der Waals surface area contributed by atoms with Gasteiger partial charge in [0.25, 0.3) is 0 Å². The van der Waals surface area contributed by atoms with Crippen LogP contribution < -0.4 is 5.32 Å². The zero-order valence-electron chi connectivity index (χ0n) is 7.63. The fourth-order valence-corrected chi connectivity index (χ4v) is 2.92. The van der Waals surface area contributed by atoms with Crippen LogP contribution in [0.2, 0.25) is 0 Å². The van der Waals surface area contributed by atoms with E-state index < -0.39 is 0 Å². The Hall–Kier alpha value is -0.340. The van der Waals surface area contributed by atoms with E-state index in [4.69, 9.17) is 0 Å². The second kappa shape index (κ2) is 3.19. The smallest absolute Gasteiger partial charge is 0.0441 e. The molecular weight excluding hydrogens is 166 g/mol. The Morgan fingerprint density at radius 1 is 1.50 bits per heavy atom. The maximum Gasteiger partial charge on any atom is 0.0441 e. The Kier molecular flexibility index (Phi) is 2.20. The lowest BCUT2D eigenvalue weighted by molar-refractivity contribution is 0.511. The molecule has 12 heavy (non-hydrogen) atoms. The van der Waals surface area contributed by atoms with Gasteiger partial charge in [-0.1, -0.05) is 6.92 Å². The van der Waals surface area contributed by atoms with Crippen LogP contribution in [0.4, 0.5) is 0 Å². The van der Waals surface area contributed by atoms with Crippen molar-refractivity contribution in [2.24, 2.45) is 5.92 Å². The first kappa shape index (κ1) is 8.27. The first-order chi connectivity index (χ1) is 5.77. The van der Waals surface area contributed by atoms with E-state index in [9.17, 15) is 0 Å². The summed E-state index contributed by atoms with van der Waals surface area (Å²) in [4.78, 5) is 2.93. The van der Waals surface area contributed by atoms with Crippen LogP contribution in [0.15, 0.2) is 12.1 Å². The molecule has 1 saturated heterocycles. The Balaban J connectivity index is 2.19. The summed E-state index contributed by atoms with van der Waals surface area (Å²) in [7, 11) is 0. The first-order valence-electron chi connectivity index (χ1n) is 4.57. The molecule has 2 atom stereocenters. The van der Waals surface area contributed by atoms with Crippen LogP contribution in [0.25, 0.3) is 0 Å². The lowest BCUT2D eigenvalue weighted by Gasteiger charge is -2.12.